The Morgan fingerprint density at radius 3 is 2.36 bits per heavy atom. The molecule has 1 rings (SSSR count). The minimum atomic E-state index is -2.82. The van der Waals surface area contributed by atoms with Crippen LogP contribution in [-0.2, 0) is 9.84 Å². The summed E-state index contributed by atoms with van der Waals surface area (Å²) in [6.07, 6.45) is 2.38. The topological polar surface area (TPSA) is 46.2 Å². The summed E-state index contributed by atoms with van der Waals surface area (Å²) in [6, 6.07) is 0. The number of hydrogen-bond acceptors (Lipinski definition) is 3. The van der Waals surface area contributed by atoms with Crippen molar-refractivity contribution in [1.29, 1.82) is 0 Å². The first-order valence-corrected chi connectivity index (χ1v) is 7.16. The lowest BCUT2D eigenvalue weighted by Gasteiger charge is -2.22. The van der Waals surface area contributed by atoms with Crippen molar-refractivity contribution in [3.05, 3.63) is 0 Å². The lowest BCUT2D eigenvalue weighted by atomic mass is 10.2. The molecule has 1 aliphatic heterocycles. The maximum absolute atomic E-state index is 11.9. The summed E-state index contributed by atoms with van der Waals surface area (Å²) in [5, 5.41) is 3.11. The molecule has 0 aromatic rings. The molecule has 0 amide bonds. The van der Waals surface area contributed by atoms with E-state index in [2.05, 4.69) is 19.2 Å². The lowest BCUT2D eigenvalue weighted by Crippen LogP contribution is -2.37. The van der Waals surface area contributed by atoms with Gasteiger partial charge in [-0.2, -0.15) is 0 Å². The summed E-state index contributed by atoms with van der Waals surface area (Å²) in [6.45, 7) is 5.84. The standard InChI is InChI=1S/C10H21NO2S/c1-9(2)5-8-14(12,13)10-3-6-11-7-4-10/h9-11H,3-8H2,1-2H3. The van der Waals surface area contributed by atoms with Crippen LogP contribution in [0.2, 0.25) is 0 Å². The summed E-state index contributed by atoms with van der Waals surface area (Å²) in [5.74, 6) is 0.849. The first-order valence-electron chi connectivity index (χ1n) is 5.44. The van der Waals surface area contributed by atoms with Gasteiger partial charge in [-0.25, -0.2) is 8.42 Å². The average molecular weight is 219 g/mol. The Morgan fingerprint density at radius 1 is 1.29 bits per heavy atom. The summed E-state index contributed by atoms with van der Waals surface area (Å²) in [7, 11) is -2.82. The van der Waals surface area contributed by atoms with Crippen LogP contribution >= 0.6 is 0 Å². The van der Waals surface area contributed by atoms with Crippen LogP contribution in [0.4, 0.5) is 0 Å². The predicted molar refractivity (Wildman–Crippen MR) is 59.1 cm³/mol. The Labute approximate surface area is 87.2 Å². The maximum atomic E-state index is 11.9. The molecule has 84 valence electrons. The highest BCUT2D eigenvalue weighted by molar-refractivity contribution is 7.92. The van der Waals surface area contributed by atoms with E-state index in [1.165, 1.54) is 0 Å². The van der Waals surface area contributed by atoms with E-state index in [0.717, 1.165) is 32.4 Å². The van der Waals surface area contributed by atoms with Crippen molar-refractivity contribution in [3.8, 4) is 0 Å². The van der Waals surface area contributed by atoms with Gasteiger partial charge in [-0.05, 0) is 38.3 Å². The molecule has 4 heteroatoms. The minimum Gasteiger partial charge on any atom is -0.317 e. The third kappa shape index (κ3) is 3.58. The summed E-state index contributed by atoms with van der Waals surface area (Å²) in [4.78, 5) is 0. The average Bonchev–Trinajstić information content (AvgIpc) is 2.16. The largest absolute Gasteiger partial charge is 0.317 e. The third-order valence-corrected chi connectivity index (χ3v) is 5.07. The Kier molecular flexibility index (Phi) is 4.38. The van der Waals surface area contributed by atoms with Crippen LogP contribution in [0.25, 0.3) is 0 Å². The fourth-order valence-corrected chi connectivity index (χ4v) is 3.81. The van der Waals surface area contributed by atoms with Gasteiger partial charge in [-0.15, -0.1) is 0 Å². The fraction of sp³-hybridized carbons (Fsp3) is 1.00. The molecule has 0 radical (unpaired) electrons. The van der Waals surface area contributed by atoms with Crippen LogP contribution in [0.15, 0.2) is 0 Å². The second kappa shape index (κ2) is 5.12. The van der Waals surface area contributed by atoms with Crippen LogP contribution in [0.5, 0.6) is 0 Å². The second-order valence-corrected chi connectivity index (χ2v) is 6.90. The molecule has 1 aliphatic rings. The normalized spacial score (nSPS) is 20.2. The summed E-state index contributed by atoms with van der Waals surface area (Å²) < 4.78 is 23.7. The number of piperidine rings is 1. The molecule has 0 aliphatic carbocycles. The van der Waals surface area contributed by atoms with Gasteiger partial charge in [-0.3, -0.25) is 0 Å². The molecule has 1 N–H and O–H groups in total. The van der Waals surface area contributed by atoms with Gasteiger partial charge in [0.25, 0.3) is 0 Å². The van der Waals surface area contributed by atoms with Crippen molar-refractivity contribution in [1.82, 2.24) is 5.32 Å². The first kappa shape index (κ1) is 12.0. The Morgan fingerprint density at radius 2 is 1.86 bits per heavy atom. The predicted octanol–water partition coefficient (Wildman–Crippen LogP) is 1.20. The van der Waals surface area contributed by atoms with Gasteiger partial charge in [0.15, 0.2) is 9.84 Å². The molecular weight excluding hydrogens is 198 g/mol. The van der Waals surface area contributed by atoms with E-state index in [0.29, 0.717) is 11.7 Å². The van der Waals surface area contributed by atoms with Gasteiger partial charge in [0.05, 0.1) is 11.0 Å². The van der Waals surface area contributed by atoms with Crippen molar-refractivity contribution in [2.45, 2.75) is 38.4 Å². The van der Waals surface area contributed by atoms with Gasteiger partial charge < -0.3 is 5.32 Å². The molecule has 0 aromatic carbocycles. The molecule has 0 atom stereocenters. The van der Waals surface area contributed by atoms with E-state index in [9.17, 15) is 8.42 Å². The van der Waals surface area contributed by atoms with Crippen LogP contribution in [-0.4, -0.2) is 32.5 Å². The van der Waals surface area contributed by atoms with E-state index in [4.69, 9.17) is 0 Å². The first-order chi connectivity index (χ1) is 6.52. The fourth-order valence-electron chi connectivity index (χ4n) is 1.72. The van der Waals surface area contributed by atoms with Gasteiger partial charge in [-0.1, -0.05) is 13.8 Å². The van der Waals surface area contributed by atoms with Gasteiger partial charge in [0.2, 0.25) is 0 Å². The third-order valence-electron chi connectivity index (χ3n) is 2.77. The molecule has 1 saturated heterocycles. The second-order valence-electron chi connectivity index (χ2n) is 4.50. The zero-order valence-corrected chi connectivity index (χ0v) is 9.94. The highest BCUT2D eigenvalue weighted by atomic mass is 32.2. The molecule has 14 heavy (non-hydrogen) atoms. The van der Waals surface area contributed by atoms with Gasteiger partial charge in [0.1, 0.15) is 0 Å². The van der Waals surface area contributed by atoms with E-state index in [-0.39, 0.29) is 5.25 Å². The van der Waals surface area contributed by atoms with Crippen LogP contribution in [0.3, 0.4) is 0 Å². The summed E-state index contributed by atoms with van der Waals surface area (Å²) >= 11 is 0. The lowest BCUT2D eigenvalue weighted by molar-refractivity contribution is 0.492. The Balaban J connectivity index is 2.46. The molecule has 0 bridgehead atoms. The van der Waals surface area contributed by atoms with E-state index in [1.54, 1.807) is 0 Å². The van der Waals surface area contributed by atoms with Gasteiger partial charge in [0, 0.05) is 0 Å². The van der Waals surface area contributed by atoms with Crippen LogP contribution in [0, 0.1) is 5.92 Å². The van der Waals surface area contributed by atoms with Crippen LogP contribution < -0.4 is 5.32 Å². The quantitative estimate of drug-likeness (QED) is 0.773. The highest BCUT2D eigenvalue weighted by Crippen LogP contribution is 2.16. The molecular formula is C10H21NO2S. The zero-order valence-electron chi connectivity index (χ0n) is 9.12. The molecule has 1 fully saturated rings. The van der Waals surface area contributed by atoms with Gasteiger partial charge >= 0.3 is 0 Å². The van der Waals surface area contributed by atoms with Crippen molar-refractivity contribution in [2.24, 2.45) is 5.92 Å². The Hall–Kier alpha value is -0.0900. The van der Waals surface area contributed by atoms with E-state index in [1.807, 2.05) is 0 Å². The van der Waals surface area contributed by atoms with Crippen molar-refractivity contribution in [3.63, 3.8) is 0 Å². The number of rotatable bonds is 4. The summed E-state index contributed by atoms with van der Waals surface area (Å²) in [5.41, 5.74) is 0. The van der Waals surface area contributed by atoms with Crippen LogP contribution in [0.1, 0.15) is 33.1 Å². The molecule has 0 saturated carbocycles. The number of sulfone groups is 1. The highest BCUT2D eigenvalue weighted by Gasteiger charge is 2.26. The Bertz CT molecular complexity index is 253. The molecule has 0 unspecified atom stereocenters. The van der Waals surface area contributed by atoms with E-state index >= 15 is 0 Å². The van der Waals surface area contributed by atoms with E-state index < -0.39 is 9.84 Å². The SMILES string of the molecule is CC(C)CCS(=O)(=O)C1CCNCC1. The van der Waals surface area contributed by atoms with Crippen molar-refractivity contribution >= 4 is 9.84 Å². The van der Waals surface area contributed by atoms with Crippen molar-refractivity contribution < 1.29 is 8.42 Å². The minimum absolute atomic E-state index is 0.0810. The maximum Gasteiger partial charge on any atom is 0.153 e. The smallest absolute Gasteiger partial charge is 0.153 e. The molecule has 3 nitrogen and oxygen atoms in total. The monoisotopic (exact) mass is 219 g/mol. The molecule has 0 spiro atoms. The molecule has 0 aromatic heterocycles. The number of hydrogen-bond donors (Lipinski definition) is 1. The molecule has 1 heterocycles. The number of nitrogens with one attached hydrogen (secondary N) is 1. The zero-order chi connectivity index (χ0) is 10.6. The van der Waals surface area contributed by atoms with Crippen molar-refractivity contribution in [2.75, 3.05) is 18.8 Å².